The third-order valence-corrected chi connectivity index (χ3v) is 3.32. The van der Waals surface area contributed by atoms with Gasteiger partial charge in [-0.1, -0.05) is 0 Å². The summed E-state index contributed by atoms with van der Waals surface area (Å²) in [5.41, 5.74) is 6.97. The maximum absolute atomic E-state index is 12.3. The molecule has 19 heavy (non-hydrogen) atoms. The molecule has 1 saturated heterocycles. The molecule has 1 aliphatic rings. The predicted molar refractivity (Wildman–Crippen MR) is 73.3 cm³/mol. The van der Waals surface area contributed by atoms with Crippen molar-refractivity contribution in [2.75, 3.05) is 32.5 Å². The van der Waals surface area contributed by atoms with Gasteiger partial charge < -0.3 is 20.1 Å². The summed E-state index contributed by atoms with van der Waals surface area (Å²) < 4.78 is 10.6. The molecule has 2 N–H and O–H groups in total. The number of nitrogen functional groups attached to an aromatic ring is 1. The normalized spacial score (nSPS) is 18.6. The molecule has 1 amide bonds. The van der Waals surface area contributed by atoms with Crippen LogP contribution in [-0.2, 0) is 4.74 Å². The second-order valence-corrected chi connectivity index (χ2v) is 4.58. The number of hydrogen-bond acceptors (Lipinski definition) is 4. The topological polar surface area (TPSA) is 64.8 Å². The molecule has 2 rings (SSSR count). The van der Waals surface area contributed by atoms with Crippen LogP contribution in [-0.4, -0.2) is 43.7 Å². The van der Waals surface area contributed by atoms with Gasteiger partial charge in [-0.3, -0.25) is 4.79 Å². The summed E-state index contributed by atoms with van der Waals surface area (Å²) in [5.74, 6) is 0.615. The second kappa shape index (κ2) is 5.93. The summed E-state index contributed by atoms with van der Waals surface area (Å²) in [6.45, 7) is 3.82. The Hall–Kier alpha value is -1.75. The lowest BCUT2D eigenvalue weighted by Gasteiger charge is -2.17. The highest BCUT2D eigenvalue weighted by molar-refractivity contribution is 5.95. The summed E-state index contributed by atoms with van der Waals surface area (Å²) in [5, 5.41) is 0. The van der Waals surface area contributed by atoms with Gasteiger partial charge in [-0.05, 0) is 31.5 Å². The van der Waals surface area contributed by atoms with Crippen LogP contribution in [0, 0.1) is 0 Å². The maximum atomic E-state index is 12.3. The molecule has 0 radical (unpaired) electrons. The van der Waals surface area contributed by atoms with Crippen LogP contribution in [0.4, 0.5) is 5.69 Å². The Morgan fingerprint density at radius 2 is 2.32 bits per heavy atom. The number of rotatable bonds is 4. The van der Waals surface area contributed by atoms with Crippen molar-refractivity contribution in [3.63, 3.8) is 0 Å². The smallest absolute Gasteiger partial charge is 0.254 e. The highest BCUT2D eigenvalue weighted by Gasteiger charge is 2.26. The number of carbonyl (C=O) groups excluding carboxylic acids is 1. The molecule has 0 spiro atoms. The summed E-state index contributed by atoms with van der Waals surface area (Å²) in [6, 6.07) is 5.17. The van der Waals surface area contributed by atoms with Crippen molar-refractivity contribution >= 4 is 11.6 Å². The van der Waals surface area contributed by atoms with Crippen molar-refractivity contribution < 1.29 is 14.3 Å². The van der Waals surface area contributed by atoms with Crippen LogP contribution in [0.5, 0.6) is 5.75 Å². The fourth-order valence-corrected chi connectivity index (χ4v) is 2.26. The highest BCUT2D eigenvalue weighted by atomic mass is 16.5. The highest BCUT2D eigenvalue weighted by Crippen LogP contribution is 2.24. The zero-order valence-corrected chi connectivity index (χ0v) is 11.4. The number of nitrogens with zero attached hydrogens (tertiary/aromatic N) is 1. The van der Waals surface area contributed by atoms with Gasteiger partial charge in [0.2, 0.25) is 0 Å². The van der Waals surface area contributed by atoms with Gasteiger partial charge in [0, 0.05) is 25.8 Å². The molecule has 0 aliphatic carbocycles. The number of benzene rings is 1. The van der Waals surface area contributed by atoms with E-state index in [2.05, 4.69) is 0 Å². The summed E-state index contributed by atoms with van der Waals surface area (Å²) in [4.78, 5) is 14.1. The van der Waals surface area contributed by atoms with Gasteiger partial charge in [0.25, 0.3) is 5.91 Å². The van der Waals surface area contributed by atoms with Gasteiger partial charge >= 0.3 is 0 Å². The molecule has 1 aromatic rings. The summed E-state index contributed by atoms with van der Waals surface area (Å²) in [6.07, 6.45) is 1.03. The van der Waals surface area contributed by atoms with Crippen molar-refractivity contribution in [1.29, 1.82) is 0 Å². The number of likely N-dealkylation sites (tertiary alicyclic amines) is 1. The van der Waals surface area contributed by atoms with E-state index in [0.29, 0.717) is 30.2 Å². The minimum Gasteiger partial charge on any atom is -0.492 e. The van der Waals surface area contributed by atoms with Gasteiger partial charge in [0.15, 0.2) is 0 Å². The molecule has 1 fully saturated rings. The van der Waals surface area contributed by atoms with Gasteiger partial charge in [-0.15, -0.1) is 0 Å². The van der Waals surface area contributed by atoms with Crippen LogP contribution in [0.25, 0.3) is 0 Å². The second-order valence-electron chi connectivity index (χ2n) is 4.58. The van der Waals surface area contributed by atoms with E-state index in [1.807, 2.05) is 6.92 Å². The van der Waals surface area contributed by atoms with E-state index in [1.165, 1.54) is 0 Å². The van der Waals surface area contributed by atoms with Crippen LogP contribution in [0.15, 0.2) is 18.2 Å². The fraction of sp³-hybridized carbons (Fsp3) is 0.500. The van der Waals surface area contributed by atoms with Gasteiger partial charge in [-0.2, -0.15) is 0 Å². The van der Waals surface area contributed by atoms with E-state index >= 15 is 0 Å². The van der Waals surface area contributed by atoms with Crippen LogP contribution >= 0.6 is 0 Å². The molecule has 104 valence electrons. The maximum Gasteiger partial charge on any atom is 0.254 e. The van der Waals surface area contributed by atoms with E-state index < -0.39 is 0 Å². The number of carbonyl (C=O) groups is 1. The first kappa shape index (κ1) is 13.7. The third kappa shape index (κ3) is 2.98. The van der Waals surface area contributed by atoms with Crippen molar-refractivity contribution in [1.82, 2.24) is 4.90 Å². The first-order chi connectivity index (χ1) is 9.15. The summed E-state index contributed by atoms with van der Waals surface area (Å²) >= 11 is 0. The Balaban J connectivity index is 2.09. The number of anilines is 1. The number of methoxy groups -OCH3 is 1. The molecule has 5 heteroatoms. The van der Waals surface area contributed by atoms with E-state index in [4.69, 9.17) is 15.2 Å². The van der Waals surface area contributed by atoms with Gasteiger partial charge in [-0.25, -0.2) is 0 Å². The average Bonchev–Trinajstić information content (AvgIpc) is 2.89. The molecular weight excluding hydrogens is 244 g/mol. The van der Waals surface area contributed by atoms with Crippen molar-refractivity contribution in [3.05, 3.63) is 23.8 Å². The van der Waals surface area contributed by atoms with E-state index in [0.717, 1.165) is 13.0 Å². The number of nitrogens with two attached hydrogens (primary N) is 1. The Morgan fingerprint density at radius 3 is 2.89 bits per heavy atom. The Morgan fingerprint density at radius 1 is 1.53 bits per heavy atom. The minimum atomic E-state index is -0.00528. The molecule has 1 aliphatic heterocycles. The molecule has 1 atom stereocenters. The van der Waals surface area contributed by atoms with Crippen molar-refractivity contribution in [3.8, 4) is 5.75 Å². The molecular formula is C14H20N2O3. The lowest BCUT2D eigenvalue weighted by atomic mass is 10.1. The lowest BCUT2D eigenvalue weighted by molar-refractivity contribution is 0.0724. The van der Waals surface area contributed by atoms with Crippen LogP contribution in [0.1, 0.15) is 23.7 Å². The number of amides is 1. The van der Waals surface area contributed by atoms with Crippen molar-refractivity contribution in [2.24, 2.45) is 0 Å². The third-order valence-electron chi connectivity index (χ3n) is 3.32. The Kier molecular flexibility index (Phi) is 4.27. The molecule has 1 unspecified atom stereocenters. The predicted octanol–water partition coefficient (Wildman–Crippen LogP) is 1.53. The standard InChI is InChI=1S/C14H20N2O3/c1-3-19-13-5-4-10(8-12(13)15)14(17)16-7-6-11(9-16)18-2/h4-5,8,11H,3,6-7,9,15H2,1-2H3. The first-order valence-corrected chi connectivity index (χ1v) is 6.50. The molecule has 0 bridgehead atoms. The monoisotopic (exact) mass is 264 g/mol. The SMILES string of the molecule is CCOc1ccc(C(=O)N2CCC(OC)C2)cc1N. The lowest BCUT2D eigenvalue weighted by Crippen LogP contribution is -2.30. The Labute approximate surface area is 113 Å². The van der Waals surface area contributed by atoms with Crippen LogP contribution in [0.2, 0.25) is 0 Å². The minimum absolute atomic E-state index is 0.00528. The number of hydrogen-bond donors (Lipinski definition) is 1. The fourth-order valence-electron chi connectivity index (χ4n) is 2.26. The van der Waals surface area contributed by atoms with Crippen LogP contribution < -0.4 is 10.5 Å². The largest absolute Gasteiger partial charge is 0.492 e. The van der Waals surface area contributed by atoms with Gasteiger partial charge in [0.05, 0.1) is 18.4 Å². The molecule has 1 heterocycles. The zero-order valence-electron chi connectivity index (χ0n) is 11.4. The molecule has 5 nitrogen and oxygen atoms in total. The van der Waals surface area contributed by atoms with Crippen LogP contribution in [0.3, 0.4) is 0 Å². The quantitative estimate of drug-likeness (QED) is 0.838. The van der Waals surface area contributed by atoms with E-state index in [1.54, 1.807) is 30.2 Å². The van der Waals surface area contributed by atoms with E-state index in [9.17, 15) is 4.79 Å². The van der Waals surface area contributed by atoms with Crippen molar-refractivity contribution in [2.45, 2.75) is 19.4 Å². The first-order valence-electron chi connectivity index (χ1n) is 6.50. The Bertz CT molecular complexity index is 462. The molecule has 0 saturated carbocycles. The molecule has 0 aromatic heterocycles. The average molecular weight is 264 g/mol. The zero-order chi connectivity index (χ0) is 13.8. The van der Waals surface area contributed by atoms with E-state index in [-0.39, 0.29) is 12.0 Å². The molecule has 1 aromatic carbocycles. The van der Waals surface area contributed by atoms with Gasteiger partial charge in [0.1, 0.15) is 5.75 Å². The summed E-state index contributed by atoms with van der Waals surface area (Å²) in [7, 11) is 1.67. The number of ether oxygens (including phenoxy) is 2.